The van der Waals surface area contributed by atoms with Crippen molar-refractivity contribution in [1.29, 1.82) is 0 Å². The predicted octanol–water partition coefficient (Wildman–Crippen LogP) is 1.96. The molecule has 0 fully saturated rings. The molecular formula is C9H15N2. The largest absolute Gasteiger partial charge is 0.325 e. The van der Waals surface area contributed by atoms with Crippen LogP contribution in [-0.2, 0) is 6.54 Å². The fourth-order valence-corrected chi connectivity index (χ4v) is 1.03. The standard InChI is InChI=1S/C9H15N2/c1-7(2)5-11-6-10-8(3)9(11)4/h7H,5H2,1-4H3. The van der Waals surface area contributed by atoms with Gasteiger partial charge >= 0.3 is 0 Å². The summed E-state index contributed by atoms with van der Waals surface area (Å²) < 4.78 is 2.08. The normalized spacial score (nSPS) is 11.0. The SMILES string of the molecule is Cc1n[c]n(CC(C)C)c1C. The first kappa shape index (κ1) is 8.31. The van der Waals surface area contributed by atoms with E-state index in [1.807, 2.05) is 6.92 Å². The second-order valence-electron chi connectivity index (χ2n) is 3.39. The molecule has 61 valence electrons. The summed E-state index contributed by atoms with van der Waals surface area (Å²) in [5, 5.41) is 0. The number of aromatic nitrogens is 2. The average molecular weight is 151 g/mol. The summed E-state index contributed by atoms with van der Waals surface area (Å²) >= 11 is 0. The molecular weight excluding hydrogens is 136 g/mol. The zero-order valence-electron chi connectivity index (χ0n) is 7.68. The molecule has 0 atom stereocenters. The van der Waals surface area contributed by atoms with Gasteiger partial charge in [0.1, 0.15) is 0 Å². The maximum Gasteiger partial charge on any atom is 0.176 e. The highest BCUT2D eigenvalue weighted by atomic mass is 15.0. The third kappa shape index (κ3) is 1.82. The summed E-state index contributed by atoms with van der Waals surface area (Å²) in [6, 6.07) is 0. The summed E-state index contributed by atoms with van der Waals surface area (Å²) in [6.45, 7) is 9.52. The number of hydrogen-bond donors (Lipinski definition) is 0. The van der Waals surface area contributed by atoms with Crippen LogP contribution in [0.5, 0.6) is 0 Å². The second kappa shape index (κ2) is 3.07. The van der Waals surface area contributed by atoms with Gasteiger partial charge in [0.2, 0.25) is 0 Å². The van der Waals surface area contributed by atoms with Gasteiger partial charge in [-0.05, 0) is 19.8 Å². The lowest BCUT2D eigenvalue weighted by Gasteiger charge is -2.06. The van der Waals surface area contributed by atoms with Gasteiger partial charge in [-0.2, -0.15) is 0 Å². The number of nitrogens with zero attached hydrogens (tertiary/aromatic N) is 2. The van der Waals surface area contributed by atoms with Crippen molar-refractivity contribution in [2.45, 2.75) is 34.2 Å². The van der Waals surface area contributed by atoms with Crippen LogP contribution >= 0.6 is 0 Å². The van der Waals surface area contributed by atoms with Gasteiger partial charge in [-0.3, -0.25) is 0 Å². The fourth-order valence-electron chi connectivity index (χ4n) is 1.03. The Hall–Kier alpha value is -0.790. The highest BCUT2D eigenvalue weighted by Gasteiger charge is 2.03. The van der Waals surface area contributed by atoms with Gasteiger partial charge in [0, 0.05) is 12.2 Å². The topological polar surface area (TPSA) is 17.8 Å². The van der Waals surface area contributed by atoms with Crippen LogP contribution in [0.1, 0.15) is 25.2 Å². The summed E-state index contributed by atoms with van der Waals surface area (Å²) in [4.78, 5) is 4.11. The average Bonchev–Trinajstić information content (AvgIpc) is 2.18. The van der Waals surface area contributed by atoms with Gasteiger partial charge < -0.3 is 4.57 Å². The summed E-state index contributed by atoms with van der Waals surface area (Å²) in [5.41, 5.74) is 2.32. The summed E-state index contributed by atoms with van der Waals surface area (Å²) in [6.07, 6.45) is 2.97. The van der Waals surface area contributed by atoms with Crippen LogP contribution in [0.3, 0.4) is 0 Å². The molecule has 2 heteroatoms. The van der Waals surface area contributed by atoms with Gasteiger partial charge in [0.15, 0.2) is 6.33 Å². The Bertz CT molecular complexity index is 236. The number of rotatable bonds is 2. The molecule has 0 aliphatic heterocycles. The monoisotopic (exact) mass is 151 g/mol. The first-order valence-electron chi connectivity index (χ1n) is 4.02. The van der Waals surface area contributed by atoms with Crippen molar-refractivity contribution in [3.05, 3.63) is 17.7 Å². The van der Waals surface area contributed by atoms with Crippen molar-refractivity contribution in [2.75, 3.05) is 0 Å². The van der Waals surface area contributed by atoms with Gasteiger partial charge in [-0.1, -0.05) is 13.8 Å². The molecule has 0 amide bonds. The Balaban J connectivity index is 2.79. The zero-order valence-corrected chi connectivity index (χ0v) is 7.68. The van der Waals surface area contributed by atoms with E-state index in [0.717, 1.165) is 12.2 Å². The quantitative estimate of drug-likeness (QED) is 0.631. The van der Waals surface area contributed by atoms with Crippen molar-refractivity contribution in [2.24, 2.45) is 5.92 Å². The summed E-state index contributed by atoms with van der Waals surface area (Å²) in [7, 11) is 0. The van der Waals surface area contributed by atoms with Crippen LogP contribution in [-0.4, -0.2) is 9.55 Å². The highest BCUT2D eigenvalue weighted by Crippen LogP contribution is 2.06. The van der Waals surface area contributed by atoms with Gasteiger partial charge in [-0.25, -0.2) is 4.98 Å². The first-order valence-corrected chi connectivity index (χ1v) is 4.02. The molecule has 0 spiro atoms. The molecule has 11 heavy (non-hydrogen) atoms. The van der Waals surface area contributed by atoms with Gasteiger partial charge in [0.25, 0.3) is 0 Å². The van der Waals surface area contributed by atoms with Gasteiger partial charge in [-0.15, -0.1) is 0 Å². The first-order chi connectivity index (χ1) is 5.11. The van der Waals surface area contributed by atoms with E-state index in [1.54, 1.807) is 0 Å². The molecule has 0 aliphatic rings. The van der Waals surface area contributed by atoms with Gasteiger partial charge in [0.05, 0.1) is 5.69 Å². The minimum atomic E-state index is 0.665. The van der Waals surface area contributed by atoms with Crippen molar-refractivity contribution < 1.29 is 0 Å². The fraction of sp³-hybridized carbons (Fsp3) is 0.667. The van der Waals surface area contributed by atoms with Crippen LogP contribution in [0.4, 0.5) is 0 Å². The maximum absolute atomic E-state index is 4.11. The lowest BCUT2D eigenvalue weighted by Crippen LogP contribution is -2.05. The molecule has 0 aromatic carbocycles. The molecule has 2 nitrogen and oxygen atoms in total. The third-order valence-electron chi connectivity index (χ3n) is 1.81. The zero-order chi connectivity index (χ0) is 8.43. The molecule has 1 radical (unpaired) electrons. The lowest BCUT2D eigenvalue weighted by molar-refractivity contribution is 0.512. The third-order valence-corrected chi connectivity index (χ3v) is 1.81. The van der Waals surface area contributed by atoms with Crippen LogP contribution in [0.25, 0.3) is 0 Å². The van der Waals surface area contributed by atoms with E-state index in [9.17, 15) is 0 Å². The minimum absolute atomic E-state index is 0.665. The molecule has 1 aromatic heterocycles. The molecule has 0 bridgehead atoms. The lowest BCUT2D eigenvalue weighted by atomic mass is 10.2. The van der Waals surface area contributed by atoms with Crippen LogP contribution in [0, 0.1) is 26.1 Å². The van der Waals surface area contributed by atoms with E-state index in [-0.39, 0.29) is 0 Å². The molecule has 0 saturated carbocycles. The Labute approximate surface area is 68.3 Å². The van der Waals surface area contributed by atoms with Crippen molar-refractivity contribution >= 4 is 0 Å². The number of aryl methyl sites for hydroxylation is 1. The molecule has 0 saturated heterocycles. The second-order valence-corrected chi connectivity index (χ2v) is 3.39. The van der Waals surface area contributed by atoms with E-state index in [1.165, 1.54) is 5.69 Å². The Morgan fingerprint density at radius 1 is 1.45 bits per heavy atom. The molecule has 1 aromatic rings. The van der Waals surface area contributed by atoms with Crippen molar-refractivity contribution in [1.82, 2.24) is 9.55 Å². The minimum Gasteiger partial charge on any atom is -0.325 e. The molecule has 0 N–H and O–H groups in total. The van der Waals surface area contributed by atoms with E-state index >= 15 is 0 Å². The Morgan fingerprint density at radius 2 is 2.09 bits per heavy atom. The maximum atomic E-state index is 4.11. The Kier molecular flexibility index (Phi) is 2.32. The van der Waals surface area contributed by atoms with E-state index < -0.39 is 0 Å². The van der Waals surface area contributed by atoms with Crippen LogP contribution in [0.2, 0.25) is 0 Å². The van der Waals surface area contributed by atoms with Crippen molar-refractivity contribution in [3.63, 3.8) is 0 Å². The number of imidazole rings is 1. The Morgan fingerprint density at radius 3 is 2.45 bits per heavy atom. The molecule has 0 aliphatic carbocycles. The van der Waals surface area contributed by atoms with Crippen molar-refractivity contribution in [3.8, 4) is 0 Å². The van der Waals surface area contributed by atoms with Crippen LogP contribution < -0.4 is 0 Å². The van der Waals surface area contributed by atoms with E-state index in [0.29, 0.717) is 5.92 Å². The van der Waals surface area contributed by atoms with E-state index in [2.05, 4.69) is 36.6 Å². The summed E-state index contributed by atoms with van der Waals surface area (Å²) in [5.74, 6) is 0.665. The molecule has 1 rings (SSSR count). The molecule has 1 heterocycles. The van der Waals surface area contributed by atoms with Crippen LogP contribution in [0.15, 0.2) is 0 Å². The molecule has 0 unspecified atom stereocenters. The number of hydrogen-bond acceptors (Lipinski definition) is 1. The smallest absolute Gasteiger partial charge is 0.176 e. The van der Waals surface area contributed by atoms with E-state index in [4.69, 9.17) is 0 Å². The highest BCUT2D eigenvalue weighted by molar-refractivity contribution is 5.07. The predicted molar refractivity (Wildman–Crippen MR) is 45.4 cm³/mol.